The van der Waals surface area contributed by atoms with Crippen LogP contribution >= 0.6 is 0 Å². The fraction of sp³-hybridized carbons (Fsp3) is 0.235. The van der Waals surface area contributed by atoms with Crippen LogP contribution in [0.2, 0.25) is 0 Å². The molecule has 1 unspecified atom stereocenters. The Morgan fingerprint density at radius 1 is 1.14 bits per heavy atom. The lowest BCUT2D eigenvalue weighted by molar-refractivity contribution is -0.129. The summed E-state index contributed by atoms with van der Waals surface area (Å²) in [7, 11) is 1.69. The molecule has 4 heteroatoms. The summed E-state index contributed by atoms with van der Waals surface area (Å²) in [6.07, 6.45) is 0. The minimum Gasteiger partial charge on any atom is -0.376 e. The fourth-order valence-corrected chi connectivity index (χ4v) is 2.10. The van der Waals surface area contributed by atoms with Gasteiger partial charge in [0.05, 0.1) is 12.6 Å². The number of hydrogen-bond acceptors (Lipinski definition) is 2. The molecule has 0 saturated carbocycles. The number of carbonyl (C=O) groups excluding carboxylic acids is 1. The van der Waals surface area contributed by atoms with Crippen molar-refractivity contribution in [1.29, 1.82) is 0 Å². The molecule has 0 spiro atoms. The first-order valence-electron chi connectivity index (χ1n) is 6.88. The highest BCUT2D eigenvalue weighted by molar-refractivity contribution is 5.81. The van der Waals surface area contributed by atoms with E-state index in [-0.39, 0.29) is 24.3 Å². The summed E-state index contributed by atoms with van der Waals surface area (Å²) in [6, 6.07) is 15.7. The van der Waals surface area contributed by atoms with E-state index in [9.17, 15) is 9.18 Å². The molecule has 21 heavy (non-hydrogen) atoms. The Kier molecular flexibility index (Phi) is 4.93. The van der Waals surface area contributed by atoms with Gasteiger partial charge < -0.3 is 10.2 Å². The van der Waals surface area contributed by atoms with Crippen molar-refractivity contribution in [2.75, 3.05) is 18.9 Å². The van der Waals surface area contributed by atoms with E-state index in [4.69, 9.17) is 0 Å². The summed E-state index contributed by atoms with van der Waals surface area (Å²) in [4.78, 5) is 13.7. The first-order chi connectivity index (χ1) is 10.1. The SMILES string of the molecule is CC(c1ccccc1F)N(C)C(=O)CNc1ccccc1. The molecule has 0 aromatic heterocycles. The molecule has 0 saturated heterocycles. The van der Waals surface area contributed by atoms with Crippen LogP contribution in [0.3, 0.4) is 0 Å². The largest absolute Gasteiger partial charge is 0.376 e. The van der Waals surface area contributed by atoms with E-state index < -0.39 is 0 Å². The van der Waals surface area contributed by atoms with Gasteiger partial charge in [0, 0.05) is 18.3 Å². The standard InChI is InChI=1S/C17H19FN2O/c1-13(15-10-6-7-11-16(15)18)20(2)17(21)12-19-14-8-4-3-5-9-14/h3-11,13,19H,12H2,1-2H3. The van der Waals surface area contributed by atoms with Crippen LogP contribution in [0.25, 0.3) is 0 Å². The number of rotatable bonds is 5. The molecule has 0 heterocycles. The molecule has 2 aromatic rings. The Labute approximate surface area is 124 Å². The summed E-state index contributed by atoms with van der Waals surface area (Å²) < 4.78 is 13.8. The Morgan fingerprint density at radius 2 is 1.76 bits per heavy atom. The van der Waals surface area contributed by atoms with Crippen LogP contribution in [0, 0.1) is 5.82 Å². The zero-order chi connectivity index (χ0) is 15.2. The van der Waals surface area contributed by atoms with E-state index in [1.54, 1.807) is 30.1 Å². The zero-order valence-electron chi connectivity index (χ0n) is 12.2. The van der Waals surface area contributed by atoms with Crippen molar-refractivity contribution >= 4 is 11.6 Å². The van der Waals surface area contributed by atoms with Crippen molar-refractivity contribution in [3.05, 3.63) is 66.0 Å². The molecule has 0 fully saturated rings. The summed E-state index contributed by atoms with van der Waals surface area (Å²) in [5, 5.41) is 3.06. The minimum absolute atomic E-state index is 0.0883. The van der Waals surface area contributed by atoms with Crippen LogP contribution in [0.15, 0.2) is 54.6 Å². The van der Waals surface area contributed by atoms with Crippen LogP contribution in [0.5, 0.6) is 0 Å². The molecule has 0 bridgehead atoms. The number of nitrogens with zero attached hydrogens (tertiary/aromatic N) is 1. The molecule has 0 radical (unpaired) electrons. The maximum absolute atomic E-state index is 13.8. The van der Waals surface area contributed by atoms with Crippen molar-refractivity contribution in [1.82, 2.24) is 4.90 Å². The Morgan fingerprint density at radius 3 is 2.43 bits per heavy atom. The number of benzene rings is 2. The molecule has 2 aromatic carbocycles. The van der Waals surface area contributed by atoms with Gasteiger partial charge in [-0.05, 0) is 25.1 Å². The van der Waals surface area contributed by atoms with Gasteiger partial charge in [0.25, 0.3) is 0 Å². The van der Waals surface area contributed by atoms with E-state index in [0.29, 0.717) is 5.56 Å². The van der Waals surface area contributed by atoms with Crippen molar-refractivity contribution in [3.8, 4) is 0 Å². The molecule has 0 aliphatic carbocycles. The second-order valence-electron chi connectivity index (χ2n) is 4.92. The number of halogens is 1. The Bertz CT molecular complexity index is 601. The number of anilines is 1. The smallest absolute Gasteiger partial charge is 0.242 e. The zero-order valence-corrected chi connectivity index (χ0v) is 12.2. The topological polar surface area (TPSA) is 32.3 Å². The summed E-state index contributed by atoms with van der Waals surface area (Å²) in [6.45, 7) is 2.00. The lowest BCUT2D eigenvalue weighted by Gasteiger charge is -2.26. The van der Waals surface area contributed by atoms with Gasteiger partial charge in [0.1, 0.15) is 5.82 Å². The molecular weight excluding hydrogens is 267 g/mol. The normalized spacial score (nSPS) is 11.8. The van der Waals surface area contributed by atoms with E-state index >= 15 is 0 Å². The van der Waals surface area contributed by atoms with Crippen molar-refractivity contribution in [2.45, 2.75) is 13.0 Å². The van der Waals surface area contributed by atoms with E-state index in [1.807, 2.05) is 37.3 Å². The predicted molar refractivity (Wildman–Crippen MR) is 82.5 cm³/mol. The average molecular weight is 286 g/mol. The second kappa shape index (κ2) is 6.88. The first kappa shape index (κ1) is 15.0. The third-order valence-electron chi connectivity index (χ3n) is 3.55. The number of likely N-dealkylation sites (N-methyl/N-ethyl adjacent to an activating group) is 1. The third kappa shape index (κ3) is 3.81. The van der Waals surface area contributed by atoms with Gasteiger partial charge in [-0.15, -0.1) is 0 Å². The molecule has 2 rings (SSSR count). The first-order valence-corrected chi connectivity index (χ1v) is 6.88. The monoisotopic (exact) mass is 286 g/mol. The molecule has 0 aliphatic rings. The van der Waals surface area contributed by atoms with Crippen LogP contribution < -0.4 is 5.32 Å². The summed E-state index contributed by atoms with van der Waals surface area (Å²) in [5.74, 6) is -0.379. The van der Waals surface area contributed by atoms with Crippen LogP contribution in [0.1, 0.15) is 18.5 Å². The van der Waals surface area contributed by atoms with Gasteiger partial charge in [-0.1, -0.05) is 36.4 Å². The van der Waals surface area contributed by atoms with Gasteiger partial charge in [0.2, 0.25) is 5.91 Å². The third-order valence-corrected chi connectivity index (χ3v) is 3.55. The minimum atomic E-state index is -0.309. The Hall–Kier alpha value is -2.36. The van der Waals surface area contributed by atoms with Gasteiger partial charge in [-0.2, -0.15) is 0 Å². The van der Waals surface area contributed by atoms with Crippen LogP contribution in [-0.4, -0.2) is 24.4 Å². The average Bonchev–Trinajstić information content (AvgIpc) is 2.52. The van der Waals surface area contributed by atoms with E-state index in [0.717, 1.165) is 5.69 Å². The maximum atomic E-state index is 13.8. The highest BCUT2D eigenvalue weighted by atomic mass is 19.1. The van der Waals surface area contributed by atoms with Gasteiger partial charge in [0.15, 0.2) is 0 Å². The van der Waals surface area contributed by atoms with Crippen molar-refractivity contribution in [3.63, 3.8) is 0 Å². The molecule has 1 N–H and O–H groups in total. The lowest BCUT2D eigenvalue weighted by atomic mass is 10.1. The lowest BCUT2D eigenvalue weighted by Crippen LogP contribution is -2.34. The van der Waals surface area contributed by atoms with E-state index in [1.165, 1.54) is 6.07 Å². The molecule has 110 valence electrons. The number of hydrogen-bond donors (Lipinski definition) is 1. The maximum Gasteiger partial charge on any atom is 0.242 e. The van der Waals surface area contributed by atoms with Gasteiger partial charge in [-0.3, -0.25) is 4.79 Å². The molecular formula is C17H19FN2O. The second-order valence-corrected chi connectivity index (χ2v) is 4.92. The van der Waals surface area contributed by atoms with Gasteiger partial charge in [-0.25, -0.2) is 4.39 Å². The summed E-state index contributed by atoms with van der Waals surface area (Å²) in [5.41, 5.74) is 1.41. The number of nitrogens with one attached hydrogen (secondary N) is 1. The molecule has 1 amide bonds. The van der Waals surface area contributed by atoms with Gasteiger partial charge >= 0.3 is 0 Å². The molecule has 3 nitrogen and oxygen atoms in total. The quantitative estimate of drug-likeness (QED) is 0.913. The van der Waals surface area contributed by atoms with Crippen molar-refractivity contribution in [2.24, 2.45) is 0 Å². The molecule has 1 atom stereocenters. The number of carbonyl (C=O) groups is 1. The summed E-state index contributed by atoms with van der Waals surface area (Å²) >= 11 is 0. The fourth-order valence-electron chi connectivity index (χ4n) is 2.10. The molecule has 0 aliphatic heterocycles. The van der Waals surface area contributed by atoms with E-state index in [2.05, 4.69) is 5.32 Å². The predicted octanol–water partition coefficient (Wildman–Crippen LogP) is 3.46. The van der Waals surface area contributed by atoms with Crippen LogP contribution in [0.4, 0.5) is 10.1 Å². The number of para-hydroxylation sites is 1. The highest BCUT2D eigenvalue weighted by Crippen LogP contribution is 2.21. The number of amides is 1. The highest BCUT2D eigenvalue weighted by Gasteiger charge is 2.19. The van der Waals surface area contributed by atoms with Crippen LogP contribution in [-0.2, 0) is 4.79 Å². The van der Waals surface area contributed by atoms with Crippen molar-refractivity contribution < 1.29 is 9.18 Å². The Balaban J connectivity index is 1.97.